The van der Waals surface area contributed by atoms with Crippen LogP contribution in [0.1, 0.15) is 0 Å². The number of hydrogen-bond acceptors (Lipinski definition) is 6. The topological polar surface area (TPSA) is 119 Å². The zero-order valence-electron chi connectivity index (χ0n) is 9.63. The van der Waals surface area contributed by atoms with Crippen molar-refractivity contribution in [3.63, 3.8) is 0 Å². The number of amides is 1. The number of carbonyl (C=O) groups is 2. The van der Waals surface area contributed by atoms with Gasteiger partial charge in [-0.05, 0) is 4.92 Å². The van der Waals surface area contributed by atoms with Gasteiger partial charge in [0.1, 0.15) is 12.6 Å². The zero-order valence-corrected chi connectivity index (χ0v) is 10.4. The van der Waals surface area contributed by atoms with Gasteiger partial charge in [0.15, 0.2) is 0 Å². The molecule has 102 valence electrons. The maximum absolute atomic E-state index is 11.9. The summed E-state index contributed by atoms with van der Waals surface area (Å²) in [5.74, 6) is -1.17. The van der Waals surface area contributed by atoms with Crippen molar-refractivity contribution in [1.82, 2.24) is 14.7 Å². The van der Waals surface area contributed by atoms with E-state index in [1.165, 1.54) is 28.9 Å². The van der Waals surface area contributed by atoms with Gasteiger partial charge in [0, 0.05) is 5.75 Å². The molecule has 1 aromatic rings. The average molecular weight is 286 g/mol. The summed E-state index contributed by atoms with van der Waals surface area (Å²) in [5, 5.41) is 23.0. The number of aliphatic carboxylic acids is 1. The second-order valence-corrected chi connectivity index (χ2v) is 4.85. The summed E-state index contributed by atoms with van der Waals surface area (Å²) in [5.41, 5.74) is 0. The molecule has 1 unspecified atom stereocenters. The lowest BCUT2D eigenvalue weighted by Crippen LogP contribution is -2.43. The first-order chi connectivity index (χ1) is 8.99. The molecule has 0 bridgehead atoms. The molecule has 10 heteroatoms. The monoisotopic (exact) mass is 286 g/mol. The Morgan fingerprint density at radius 2 is 2.37 bits per heavy atom. The first kappa shape index (κ1) is 13.3. The van der Waals surface area contributed by atoms with E-state index in [0.717, 1.165) is 4.68 Å². The Kier molecular flexibility index (Phi) is 3.69. The van der Waals surface area contributed by atoms with Crippen LogP contribution in [0.5, 0.6) is 0 Å². The van der Waals surface area contributed by atoms with Gasteiger partial charge in [0.2, 0.25) is 5.91 Å². The van der Waals surface area contributed by atoms with E-state index in [4.69, 9.17) is 5.11 Å². The summed E-state index contributed by atoms with van der Waals surface area (Å²) in [6, 6.07) is 0.337. The van der Waals surface area contributed by atoms with Crippen LogP contribution in [0.25, 0.3) is 0 Å². The Morgan fingerprint density at radius 1 is 1.63 bits per heavy atom. The Balaban J connectivity index is 2.04. The second kappa shape index (κ2) is 5.26. The van der Waals surface area contributed by atoms with Gasteiger partial charge in [-0.1, -0.05) is 0 Å². The van der Waals surface area contributed by atoms with Crippen molar-refractivity contribution < 1.29 is 19.6 Å². The first-order valence-electron chi connectivity index (χ1n) is 5.27. The fourth-order valence-corrected chi connectivity index (χ4v) is 2.83. The number of aromatic nitrogens is 2. The van der Waals surface area contributed by atoms with E-state index in [1.54, 1.807) is 0 Å². The lowest BCUT2D eigenvalue weighted by atomic mass is 10.3. The van der Waals surface area contributed by atoms with Crippen molar-refractivity contribution in [3.8, 4) is 0 Å². The highest BCUT2D eigenvalue weighted by molar-refractivity contribution is 7.99. The molecule has 2 rings (SSSR count). The van der Waals surface area contributed by atoms with Crippen LogP contribution in [0.3, 0.4) is 0 Å². The molecule has 1 aliphatic rings. The minimum Gasteiger partial charge on any atom is -0.480 e. The van der Waals surface area contributed by atoms with Gasteiger partial charge in [0.05, 0.1) is 23.2 Å². The van der Waals surface area contributed by atoms with E-state index in [-0.39, 0.29) is 12.4 Å². The number of nitro groups is 1. The van der Waals surface area contributed by atoms with Crippen molar-refractivity contribution in [1.29, 1.82) is 0 Å². The van der Waals surface area contributed by atoms with Crippen LogP contribution in [0.2, 0.25) is 0 Å². The molecule has 1 amide bonds. The lowest BCUT2D eigenvalue weighted by Gasteiger charge is -2.19. The molecule has 1 aliphatic heterocycles. The minimum absolute atomic E-state index is 0.210. The summed E-state index contributed by atoms with van der Waals surface area (Å²) >= 11 is 1.35. The molecule has 19 heavy (non-hydrogen) atoms. The number of hydrogen-bond donors (Lipinski definition) is 1. The van der Waals surface area contributed by atoms with Crippen molar-refractivity contribution in [3.05, 3.63) is 22.4 Å². The van der Waals surface area contributed by atoms with Gasteiger partial charge in [0.25, 0.3) is 0 Å². The molecule has 0 aromatic carbocycles. The van der Waals surface area contributed by atoms with E-state index in [0.29, 0.717) is 11.6 Å². The SMILES string of the molecule is O=C(O)C1CSCN1C(=O)Cn1ccc([N+](=O)[O-])n1. The van der Waals surface area contributed by atoms with E-state index < -0.39 is 22.8 Å². The number of rotatable bonds is 4. The van der Waals surface area contributed by atoms with Gasteiger partial charge < -0.3 is 20.1 Å². The van der Waals surface area contributed by atoms with E-state index >= 15 is 0 Å². The molecule has 0 saturated carbocycles. The third-order valence-electron chi connectivity index (χ3n) is 2.60. The summed E-state index contributed by atoms with van der Waals surface area (Å²) in [6.07, 6.45) is 1.31. The molecule has 0 radical (unpaired) electrons. The quantitative estimate of drug-likeness (QED) is 0.600. The van der Waals surface area contributed by atoms with E-state index in [9.17, 15) is 19.7 Å². The van der Waals surface area contributed by atoms with Crippen molar-refractivity contribution in [2.24, 2.45) is 0 Å². The highest BCUT2D eigenvalue weighted by Gasteiger charge is 2.34. The normalized spacial score (nSPS) is 18.5. The smallest absolute Gasteiger partial charge is 0.389 e. The van der Waals surface area contributed by atoms with Gasteiger partial charge in [-0.2, -0.15) is 4.68 Å². The number of carboxylic acids is 1. The van der Waals surface area contributed by atoms with Crippen molar-refractivity contribution >= 4 is 29.5 Å². The molecule has 1 fully saturated rings. The molecule has 1 aromatic heterocycles. The van der Waals surface area contributed by atoms with Crippen LogP contribution >= 0.6 is 11.8 Å². The Hall–Kier alpha value is -2.10. The van der Waals surface area contributed by atoms with Crippen molar-refractivity contribution in [2.45, 2.75) is 12.6 Å². The Morgan fingerprint density at radius 3 is 2.95 bits per heavy atom. The fraction of sp³-hybridized carbons (Fsp3) is 0.444. The summed E-state index contributed by atoms with van der Waals surface area (Å²) < 4.78 is 1.13. The zero-order chi connectivity index (χ0) is 14.0. The van der Waals surface area contributed by atoms with Gasteiger partial charge in [-0.15, -0.1) is 11.8 Å². The van der Waals surface area contributed by atoms with Crippen LogP contribution in [0.15, 0.2) is 12.3 Å². The third-order valence-corrected chi connectivity index (χ3v) is 3.61. The molecule has 2 heterocycles. The number of carbonyl (C=O) groups excluding carboxylic acids is 1. The fourth-order valence-electron chi connectivity index (χ4n) is 1.66. The van der Waals surface area contributed by atoms with Crippen LogP contribution in [0.4, 0.5) is 5.82 Å². The van der Waals surface area contributed by atoms with Crippen LogP contribution in [-0.2, 0) is 16.1 Å². The van der Waals surface area contributed by atoms with Crippen LogP contribution in [0, 0.1) is 10.1 Å². The molecule has 0 aliphatic carbocycles. The van der Waals surface area contributed by atoms with Crippen LogP contribution < -0.4 is 0 Å². The molecule has 1 atom stereocenters. The summed E-state index contributed by atoms with van der Waals surface area (Å²) in [7, 11) is 0. The summed E-state index contributed by atoms with van der Waals surface area (Å²) in [6.45, 7) is -0.210. The van der Waals surface area contributed by atoms with E-state index in [2.05, 4.69) is 5.10 Å². The predicted molar refractivity (Wildman–Crippen MR) is 64.5 cm³/mol. The van der Waals surface area contributed by atoms with Crippen LogP contribution in [-0.4, -0.2) is 54.3 Å². The number of thioether (sulfide) groups is 1. The molecular weight excluding hydrogens is 276 g/mol. The largest absolute Gasteiger partial charge is 0.480 e. The number of nitrogens with zero attached hydrogens (tertiary/aromatic N) is 4. The third kappa shape index (κ3) is 2.84. The minimum atomic E-state index is -1.05. The predicted octanol–water partition coefficient (Wildman–Crippen LogP) is -0.223. The average Bonchev–Trinajstić information content (AvgIpc) is 2.96. The number of carboxylic acid groups (broad SMARTS) is 1. The Bertz CT molecular complexity index is 530. The van der Waals surface area contributed by atoms with Gasteiger partial charge >= 0.3 is 11.8 Å². The maximum atomic E-state index is 11.9. The highest BCUT2D eigenvalue weighted by Crippen LogP contribution is 2.21. The maximum Gasteiger partial charge on any atom is 0.389 e. The van der Waals surface area contributed by atoms with Gasteiger partial charge in [-0.25, -0.2) is 4.79 Å². The first-order valence-corrected chi connectivity index (χ1v) is 6.42. The summed E-state index contributed by atoms with van der Waals surface area (Å²) in [4.78, 5) is 33.9. The lowest BCUT2D eigenvalue weighted by molar-refractivity contribution is -0.389. The molecular formula is C9H10N4O5S. The Labute approximate surface area is 111 Å². The highest BCUT2D eigenvalue weighted by atomic mass is 32.2. The standard InChI is InChI=1S/C9H10N4O5S/c14-8(12-5-19-4-6(12)9(15)16)3-11-2-1-7(10-11)13(17)18/h1-2,6H,3-5H2,(H,15,16). The second-order valence-electron chi connectivity index (χ2n) is 3.85. The molecule has 9 nitrogen and oxygen atoms in total. The van der Waals surface area contributed by atoms with E-state index in [1.807, 2.05) is 0 Å². The van der Waals surface area contributed by atoms with Gasteiger partial charge in [-0.3, -0.25) is 4.79 Å². The molecule has 1 N–H and O–H groups in total. The molecule has 1 saturated heterocycles. The van der Waals surface area contributed by atoms with Crippen molar-refractivity contribution in [2.75, 3.05) is 11.6 Å². The molecule has 0 spiro atoms.